The van der Waals surface area contributed by atoms with E-state index in [1.54, 1.807) is 0 Å². The van der Waals surface area contributed by atoms with Crippen LogP contribution < -0.4 is 10.2 Å². The Bertz CT molecular complexity index is 460. The van der Waals surface area contributed by atoms with Crippen LogP contribution in [0.3, 0.4) is 0 Å². The number of halogens is 1. The minimum Gasteiger partial charge on any atom is -0.381 e. The van der Waals surface area contributed by atoms with E-state index in [0.29, 0.717) is 17.8 Å². The first-order chi connectivity index (χ1) is 9.72. The zero-order valence-electron chi connectivity index (χ0n) is 11.7. The van der Waals surface area contributed by atoms with Gasteiger partial charge in [0, 0.05) is 31.7 Å². The van der Waals surface area contributed by atoms with Crippen molar-refractivity contribution in [1.82, 2.24) is 15.0 Å². The van der Waals surface area contributed by atoms with E-state index in [2.05, 4.69) is 32.1 Å². The molecule has 2 atom stereocenters. The van der Waals surface area contributed by atoms with Gasteiger partial charge in [-0.1, -0.05) is 0 Å². The van der Waals surface area contributed by atoms with E-state index in [1.165, 1.54) is 12.8 Å². The molecule has 0 amide bonds. The minimum absolute atomic E-state index is 0.249. The molecule has 0 aromatic carbocycles. The van der Waals surface area contributed by atoms with Crippen molar-refractivity contribution in [1.29, 1.82) is 0 Å². The maximum atomic E-state index is 6.02. The summed E-state index contributed by atoms with van der Waals surface area (Å²) in [6.45, 7) is 5.75. The van der Waals surface area contributed by atoms with Gasteiger partial charge in [0.15, 0.2) is 0 Å². The molecule has 1 aromatic heterocycles. The van der Waals surface area contributed by atoms with Crippen molar-refractivity contribution in [2.45, 2.75) is 32.2 Å². The van der Waals surface area contributed by atoms with E-state index in [0.717, 1.165) is 32.7 Å². The van der Waals surface area contributed by atoms with E-state index < -0.39 is 0 Å². The third-order valence-corrected chi connectivity index (χ3v) is 4.18. The second kappa shape index (κ2) is 6.10. The van der Waals surface area contributed by atoms with Crippen LogP contribution in [0.15, 0.2) is 0 Å². The molecule has 3 heterocycles. The number of nitrogens with one attached hydrogen (secondary N) is 1. The second-order valence-electron chi connectivity index (χ2n) is 5.48. The first-order valence-corrected chi connectivity index (χ1v) is 7.61. The molecule has 7 heteroatoms. The molecule has 0 spiro atoms. The predicted molar refractivity (Wildman–Crippen MR) is 78.3 cm³/mol. The van der Waals surface area contributed by atoms with Gasteiger partial charge in [-0.3, -0.25) is 0 Å². The Hall–Kier alpha value is -1.14. The highest BCUT2D eigenvalue weighted by molar-refractivity contribution is 6.28. The van der Waals surface area contributed by atoms with Gasteiger partial charge in [0.05, 0.1) is 6.61 Å². The van der Waals surface area contributed by atoms with E-state index in [4.69, 9.17) is 16.3 Å². The first kappa shape index (κ1) is 13.8. The summed E-state index contributed by atoms with van der Waals surface area (Å²) in [5.41, 5.74) is 0. The van der Waals surface area contributed by atoms with Gasteiger partial charge in [-0.05, 0) is 37.8 Å². The van der Waals surface area contributed by atoms with E-state index >= 15 is 0 Å². The van der Waals surface area contributed by atoms with Crippen molar-refractivity contribution in [2.75, 3.05) is 36.5 Å². The average molecular weight is 298 g/mol. The third-order valence-electron chi connectivity index (χ3n) is 4.01. The molecule has 0 aliphatic carbocycles. The highest BCUT2D eigenvalue weighted by Gasteiger charge is 2.23. The third kappa shape index (κ3) is 3.12. The summed E-state index contributed by atoms with van der Waals surface area (Å²) in [4.78, 5) is 15.1. The molecule has 2 fully saturated rings. The molecule has 20 heavy (non-hydrogen) atoms. The fraction of sp³-hybridized carbons (Fsp3) is 0.769. The molecule has 1 aromatic rings. The predicted octanol–water partition coefficient (Wildman–Crippen LogP) is 1.96. The average Bonchev–Trinajstić information content (AvgIpc) is 3.12. The molecule has 110 valence electrons. The molecule has 2 aliphatic rings. The van der Waals surface area contributed by atoms with E-state index in [9.17, 15) is 0 Å². The quantitative estimate of drug-likeness (QED) is 0.916. The van der Waals surface area contributed by atoms with Gasteiger partial charge >= 0.3 is 0 Å². The number of ether oxygens (including phenoxy) is 1. The van der Waals surface area contributed by atoms with Crippen LogP contribution in [0.25, 0.3) is 0 Å². The molecule has 0 bridgehead atoms. The number of hydrogen-bond donors (Lipinski definition) is 1. The van der Waals surface area contributed by atoms with Crippen molar-refractivity contribution in [2.24, 2.45) is 5.92 Å². The van der Waals surface area contributed by atoms with Crippen LogP contribution in [0.4, 0.5) is 11.9 Å². The van der Waals surface area contributed by atoms with Crippen molar-refractivity contribution in [3.8, 4) is 0 Å². The van der Waals surface area contributed by atoms with Gasteiger partial charge in [-0.2, -0.15) is 15.0 Å². The normalized spacial score (nSPS) is 24.1. The van der Waals surface area contributed by atoms with Gasteiger partial charge in [0.25, 0.3) is 0 Å². The number of rotatable bonds is 4. The van der Waals surface area contributed by atoms with Crippen molar-refractivity contribution < 1.29 is 4.74 Å². The number of anilines is 2. The highest BCUT2D eigenvalue weighted by Crippen LogP contribution is 2.22. The summed E-state index contributed by atoms with van der Waals surface area (Å²) in [5.74, 6) is 1.74. The summed E-state index contributed by atoms with van der Waals surface area (Å²) in [6, 6.07) is 0.266. The maximum absolute atomic E-state index is 6.02. The van der Waals surface area contributed by atoms with Crippen LogP contribution in [0.2, 0.25) is 5.28 Å². The first-order valence-electron chi connectivity index (χ1n) is 7.23. The Morgan fingerprint density at radius 1 is 1.30 bits per heavy atom. The minimum atomic E-state index is 0.249. The van der Waals surface area contributed by atoms with E-state index in [1.807, 2.05) is 0 Å². The lowest BCUT2D eigenvalue weighted by molar-refractivity contribution is 0.183. The van der Waals surface area contributed by atoms with Crippen LogP contribution in [0.1, 0.15) is 26.2 Å². The Labute approximate surface area is 123 Å². The molecule has 2 unspecified atom stereocenters. The van der Waals surface area contributed by atoms with Crippen LogP contribution >= 0.6 is 11.6 Å². The molecule has 1 N–H and O–H groups in total. The zero-order valence-corrected chi connectivity index (χ0v) is 12.4. The van der Waals surface area contributed by atoms with Crippen LogP contribution in [0.5, 0.6) is 0 Å². The lowest BCUT2D eigenvalue weighted by atomic mass is 10.0. The van der Waals surface area contributed by atoms with Gasteiger partial charge in [-0.15, -0.1) is 0 Å². The standard InChI is InChI=1S/C13H20ClN5O/c1-9(10-4-7-20-8-10)15-12-16-11(14)17-13(18-12)19-5-2-3-6-19/h9-10H,2-8H2,1H3,(H,15,16,17,18). The summed E-state index contributed by atoms with van der Waals surface area (Å²) >= 11 is 6.02. The SMILES string of the molecule is CC(Nc1nc(Cl)nc(N2CCCC2)n1)C1CCOC1. The van der Waals surface area contributed by atoms with Crippen LogP contribution in [-0.4, -0.2) is 47.3 Å². The maximum Gasteiger partial charge on any atom is 0.231 e. The topological polar surface area (TPSA) is 63.2 Å². The monoisotopic (exact) mass is 297 g/mol. The summed E-state index contributed by atoms with van der Waals surface area (Å²) in [5, 5.41) is 3.58. The molecular formula is C13H20ClN5O. The van der Waals surface area contributed by atoms with Gasteiger partial charge in [-0.25, -0.2) is 0 Å². The molecule has 2 aliphatic heterocycles. The summed E-state index contributed by atoms with van der Waals surface area (Å²) < 4.78 is 5.42. The summed E-state index contributed by atoms with van der Waals surface area (Å²) in [7, 11) is 0. The van der Waals surface area contributed by atoms with Crippen LogP contribution in [0, 0.1) is 5.92 Å². The lowest BCUT2D eigenvalue weighted by Gasteiger charge is -2.20. The van der Waals surface area contributed by atoms with E-state index in [-0.39, 0.29) is 11.3 Å². The highest BCUT2D eigenvalue weighted by atomic mass is 35.5. The molecule has 6 nitrogen and oxygen atoms in total. The Morgan fingerprint density at radius 2 is 2.10 bits per heavy atom. The second-order valence-corrected chi connectivity index (χ2v) is 5.82. The lowest BCUT2D eigenvalue weighted by Crippen LogP contribution is -2.28. The van der Waals surface area contributed by atoms with Crippen molar-refractivity contribution in [3.63, 3.8) is 0 Å². The number of nitrogens with zero attached hydrogens (tertiary/aromatic N) is 4. The van der Waals surface area contributed by atoms with Gasteiger partial charge in [0.2, 0.25) is 17.2 Å². The molecule has 0 saturated carbocycles. The summed E-state index contributed by atoms with van der Waals surface area (Å²) in [6.07, 6.45) is 3.44. The van der Waals surface area contributed by atoms with Gasteiger partial charge in [0.1, 0.15) is 0 Å². The van der Waals surface area contributed by atoms with Crippen molar-refractivity contribution >= 4 is 23.5 Å². The van der Waals surface area contributed by atoms with Crippen molar-refractivity contribution in [3.05, 3.63) is 5.28 Å². The zero-order chi connectivity index (χ0) is 13.9. The Kier molecular flexibility index (Phi) is 4.21. The smallest absolute Gasteiger partial charge is 0.231 e. The number of aromatic nitrogens is 3. The fourth-order valence-electron chi connectivity index (χ4n) is 2.73. The fourth-order valence-corrected chi connectivity index (χ4v) is 2.89. The largest absolute Gasteiger partial charge is 0.381 e. The van der Waals surface area contributed by atoms with Gasteiger partial charge < -0.3 is 15.0 Å². The molecule has 3 rings (SSSR count). The molecule has 0 radical (unpaired) electrons. The number of hydrogen-bond acceptors (Lipinski definition) is 6. The molecular weight excluding hydrogens is 278 g/mol. The van der Waals surface area contributed by atoms with Crippen LogP contribution in [-0.2, 0) is 4.74 Å². The Balaban J connectivity index is 1.71. The Morgan fingerprint density at radius 3 is 2.80 bits per heavy atom. The molecule has 2 saturated heterocycles.